The van der Waals surface area contributed by atoms with Gasteiger partial charge in [0.1, 0.15) is 5.60 Å². The Labute approximate surface area is 177 Å². The molecule has 9 heteroatoms. The van der Waals surface area contributed by atoms with Crippen LogP contribution in [-0.2, 0) is 19.0 Å². The number of rotatable bonds is 6. The van der Waals surface area contributed by atoms with Gasteiger partial charge in [-0.15, -0.1) is 0 Å². The molecule has 0 spiro atoms. The van der Waals surface area contributed by atoms with Crippen molar-refractivity contribution >= 4 is 16.2 Å². The van der Waals surface area contributed by atoms with Crippen LogP contribution < -0.4 is 0 Å². The number of hydrogen-bond donors (Lipinski definition) is 0. The van der Waals surface area contributed by atoms with Gasteiger partial charge >= 0.3 is 6.09 Å². The molecule has 30 heavy (non-hydrogen) atoms. The number of benzene rings is 1. The molecule has 1 heterocycles. The fourth-order valence-corrected chi connectivity index (χ4v) is 4.29. The Morgan fingerprint density at radius 1 is 1.20 bits per heavy atom. The van der Waals surface area contributed by atoms with Crippen LogP contribution in [0.25, 0.3) is 0 Å². The van der Waals surface area contributed by atoms with Crippen LogP contribution in [0.1, 0.15) is 46.1 Å². The smallest absolute Gasteiger partial charge is 0.410 e. The van der Waals surface area contributed by atoms with Gasteiger partial charge in [-0.2, -0.15) is 8.42 Å². The lowest BCUT2D eigenvalue weighted by Crippen LogP contribution is -2.55. The largest absolute Gasteiger partial charge is 0.444 e. The molecule has 0 aromatic heterocycles. The number of alkyl halides is 2. The maximum atomic E-state index is 14.7. The summed E-state index contributed by atoms with van der Waals surface area (Å²) in [6, 6.07) is 6.21. The van der Waals surface area contributed by atoms with Crippen LogP contribution in [-0.4, -0.2) is 50.6 Å². The van der Waals surface area contributed by atoms with Crippen LogP contribution in [0.4, 0.5) is 13.6 Å². The van der Waals surface area contributed by atoms with Crippen LogP contribution in [0.3, 0.4) is 0 Å². The average molecular weight is 448 g/mol. The lowest BCUT2D eigenvalue weighted by molar-refractivity contribution is -0.145. The number of carbonyl (C=O) groups is 1. The number of carbonyl (C=O) groups excluding carboxylic acids is 1. The minimum absolute atomic E-state index is 0.0278. The van der Waals surface area contributed by atoms with E-state index in [4.69, 9.17) is 8.92 Å². The predicted molar refractivity (Wildman–Crippen MR) is 109 cm³/mol. The van der Waals surface area contributed by atoms with E-state index in [0.717, 1.165) is 5.56 Å². The molecular formula is C21H31F2NO5S. The van der Waals surface area contributed by atoms with Crippen molar-refractivity contribution < 1.29 is 30.9 Å². The Morgan fingerprint density at radius 3 is 2.37 bits per heavy atom. The van der Waals surface area contributed by atoms with E-state index in [1.807, 2.05) is 6.92 Å². The number of aryl methyl sites for hydroxylation is 1. The third-order valence-electron chi connectivity index (χ3n) is 5.03. The highest BCUT2D eigenvalue weighted by Gasteiger charge is 2.50. The summed E-state index contributed by atoms with van der Waals surface area (Å²) in [4.78, 5) is 13.6. The van der Waals surface area contributed by atoms with E-state index in [1.54, 1.807) is 32.9 Å². The standard InChI is InChI=1S/C21H31F2NO5S/c1-15-8-10-18(11-9-15)30(26,27)28-12-6-7-17-14-24(13-16(2)21(17,22)23)19(25)29-20(3,4)5/h8-11,16-17H,6-7,12-14H2,1-5H3/t16-,17+/m1/s1. The third kappa shape index (κ3) is 6.38. The summed E-state index contributed by atoms with van der Waals surface area (Å²) in [5, 5.41) is 0. The van der Waals surface area contributed by atoms with E-state index in [1.165, 1.54) is 24.0 Å². The van der Waals surface area contributed by atoms with Crippen LogP contribution in [0.15, 0.2) is 29.2 Å². The minimum atomic E-state index is -3.94. The van der Waals surface area contributed by atoms with E-state index in [9.17, 15) is 22.0 Å². The first-order valence-corrected chi connectivity index (χ1v) is 11.4. The van der Waals surface area contributed by atoms with Crippen LogP contribution >= 0.6 is 0 Å². The molecule has 0 saturated carbocycles. The first kappa shape index (κ1) is 24.5. The molecule has 1 aromatic carbocycles. The summed E-state index contributed by atoms with van der Waals surface area (Å²) in [5.74, 6) is -5.09. The van der Waals surface area contributed by atoms with Crippen LogP contribution in [0, 0.1) is 18.8 Å². The van der Waals surface area contributed by atoms with Gasteiger partial charge < -0.3 is 9.64 Å². The van der Waals surface area contributed by atoms with Gasteiger partial charge in [-0.1, -0.05) is 24.6 Å². The van der Waals surface area contributed by atoms with Gasteiger partial charge in [0, 0.05) is 24.9 Å². The SMILES string of the molecule is Cc1ccc(S(=O)(=O)OCCC[C@H]2CN(C(=O)OC(C)(C)C)C[C@@H](C)C2(F)F)cc1. The van der Waals surface area contributed by atoms with Gasteiger partial charge in [-0.05, 0) is 52.7 Å². The minimum Gasteiger partial charge on any atom is -0.444 e. The van der Waals surface area contributed by atoms with Crippen molar-refractivity contribution in [3.8, 4) is 0 Å². The second-order valence-electron chi connectivity index (χ2n) is 8.89. The Hall–Kier alpha value is -1.74. The number of ether oxygens (including phenoxy) is 1. The summed E-state index contributed by atoms with van der Waals surface area (Å²) >= 11 is 0. The molecule has 0 radical (unpaired) electrons. The molecule has 1 fully saturated rings. The van der Waals surface area contributed by atoms with Gasteiger partial charge in [0.05, 0.1) is 11.5 Å². The number of hydrogen-bond acceptors (Lipinski definition) is 5. The zero-order chi connectivity index (χ0) is 22.7. The van der Waals surface area contributed by atoms with E-state index in [2.05, 4.69) is 0 Å². The number of nitrogens with zero attached hydrogens (tertiary/aromatic N) is 1. The van der Waals surface area contributed by atoms with E-state index in [0.29, 0.717) is 0 Å². The van der Waals surface area contributed by atoms with Gasteiger partial charge in [0.25, 0.3) is 16.0 Å². The average Bonchev–Trinajstić information content (AvgIpc) is 2.61. The fourth-order valence-electron chi connectivity index (χ4n) is 3.35. The molecule has 0 aliphatic carbocycles. The van der Waals surface area contributed by atoms with E-state index in [-0.39, 0.29) is 37.4 Å². The molecule has 1 aliphatic rings. The molecule has 6 nitrogen and oxygen atoms in total. The molecule has 1 aliphatic heterocycles. The van der Waals surface area contributed by atoms with Crippen LogP contribution in [0.2, 0.25) is 0 Å². The molecule has 1 aromatic rings. The highest BCUT2D eigenvalue weighted by Crippen LogP contribution is 2.40. The predicted octanol–water partition coefficient (Wildman–Crippen LogP) is 4.62. The molecule has 1 saturated heterocycles. The summed E-state index contributed by atoms with van der Waals surface area (Å²) < 4.78 is 64.1. The Kier molecular flexibility index (Phi) is 7.50. The lowest BCUT2D eigenvalue weighted by Gasteiger charge is -2.42. The first-order chi connectivity index (χ1) is 13.7. The zero-order valence-corrected chi connectivity index (χ0v) is 19.0. The maximum Gasteiger partial charge on any atom is 0.410 e. The maximum absolute atomic E-state index is 14.7. The van der Waals surface area contributed by atoms with E-state index < -0.39 is 39.6 Å². The second-order valence-corrected chi connectivity index (χ2v) is 10.5. The van der Waals surface area contributed by atoms with Crippen molar-refractivity contribution in [2.45, 2.75) is 63.9 Å². The number of piperidine rings is 1. The van der Waals surface area contributed by atoms with Crippen molar-refractivity contribution in [3.63, 3.8) is 0 Å². The summed E-state index contributed by atoms with van der Waals surface area (Å²) in [7, 11) is -3.94. The fraction of sp³-hybridized carbons (Fsp3) is 0.667. The highest BCUT2D eigenvalue weighted by molar-refractivity contribution is 7.86. The first-order valence-electron chi connectivity index (χ1n) is 10.0. The van der Waals surface area contributed by atoms with Crippen molar-refractivity contribution in [1.29, 1.82) is 0 Å². The van der Waals surface area contributed by atoms with Crippen molar-refractivity contribution in [2.75, 3.05) is 19.7 Å². The highest BCUT2D eigenvalue weighted by atomic mass is 32.2. The van der Waals surface area contributed by atoms with Crippen molar-refractivity contribution in [1.82, 2.24) is 4.90 Å². The zero-order valence-electron chi connectivity index (χ0n) is 18.2. The summed E-state index contributed by atoms with van der Waals surface area (Å²) in [6.45, 7) is 7.96. The number of amides is 1. The molecule has 0 unspecified atom stereocenters. The third-order valence-corrected chi connectivity index (χ3v) is 6.36. The Bertz CT molecular complexity index is 834. The molecule has 0 N–H and O–H groups in total. The second kappa shape index (κ2) is 9.18. The van der Waals surface area contributed by atoms with Gasteiger partial charge in [0.2, 0.25) is 0 Å². The molecule has 0 bridgehead atoms. The topological polar surface area (TPSA) is 72.9 Å². The van der Waals surface area contributed by atoms with Crippen molar-refractivity contribution in [3.05, 3.63) is 29.8 Å². The van der Waals surface area contributed by atoms with Gasteiger partial charge in [-0.25, -0.2) is 13.6 Å². The van der Waals surface area contributed by atoms with Gasteiger partial charge in [0.15, 0.2) is 0 Å². The molecule has 1 amide bonds. The van der Waals surface area contributed by atoms with Crippen LogP contribution in [0.5, 0.6) is 0 Å². The quantitative estimate of drug-likeness (QED) is 0.470. The van der Waals surface area contributed by atoms with Gasteiger partial charge in [-0.3, -0.25) is 4.18 Å². The van der Waals surface area contributed by atoms with Crippen molar-refractivity contribution in [2.24, 2.45) is 11.8 Å². The number of halogens is 2. The molecule has 170 valence electrons. The molecular weight excluding hydrogens is 416 g/mol. The Balaban J connectivity index is 1.94. The monoisotopic (exact) mass is 447 g/mol. The summed E-state index contributed by atoms with van der Waals surface area (Å²) in [6.07, 6.45) is -0.464. The number of likely N-dealkylation sites (tertiary alicyclic amines) is 1. The lowest BCUT2D eigenvalue weighted by atomic mass is 9.83. The summed E-state index contributed by atoms with van der Waals surface area (Å²) in [5.41, 5.74) is 0.200. The van der Waals surface area contributed by atoms with E-state index >= 15 is 0 Å². The molecule has 2 rings (SSSR count). The normalized spacial score (nSPS) is 22.0. The Morgan fingerprint density at radius 2 is 1.80 bits per heavy atom. The molecule has 2 atom stereocenters.